The predicted octanol–water partition coefficient (Wildman–Crippen LogP) is 8.74. The Balaban J connectivity index is 1.78. The molecule has 1 heteroatoms. The van der Waals surface area contributed by atoms with Gasteiger partial charge in [0.25, 0.3) is 0 Å². The summed E-state index contributed by atoms with van der Waals surface area (Å²) in [5, 5.41) is 0. The van der Waals surface area contributed by atoms with Gasteiger partial charge in [-0.05, 0) is 0 Å². The molecule has 6 rings (SSSR count). The molecule has 0 saturated heterocycles. The van der Waals surface area contributed by atoms with E-state index in [0.717, 1.165) is 0 Å². The summed E-state index contributed by atoms with van der Waals surface area (Å²) in [4.78, 5) is 0. The molecule has 4 aromatic rings. The molecule has 0 aromatic heterocycles. The van der Waals surface area contributed by atoms with Gasteiger partial charge in [0.05, 0.1) is 0 Å². The topological polar surface area (TPSA) is 0 Å². The van der Waals surface area contributed by atoms with Gasteiger partial charge in [-0.2, -0.15) is 0 Å². The van der Waals surface area contributed by atoms with Crippen molar-refractivity contribution in [3.8, 4) is 11.1 Å². The number of hydrogen-bond donors (Lipinski definition) is 0. The molecule has 1 unspecified atom stereocenters. The van der Waals surface area contributed by atoms with Crippen molar-refractivity contribution in [3.05, 3.63) is 151 Å². The van der Waals surface area contributed by atoms with Gasteiger partial charge in [-0.15, -0.1) is 0 Å². The van der Waals surface area contributed by atoms with Gasteiger partial charge in [-0.3, -0.25) is 0 Å². The SMILES string of the molecule is CC1=[C]([Zr](=[C](c2ccccc2)c2ccccc2)[CH]2c3cc(C)ccc3-c3ccc(C)cc32)C(C)C=C1. The van der Waals surface area contributed by atoms with E-state index in [0.29, 0.717) is 9.54 Å². The van der Waals surface area contributed by atoms with Gasteiger partial charge in [0.2, 0.25) is 0 Å². The zero-order chi connectivity index (χ0) is 24.8. The van der Waals surface area contributed by atoms with Crippen LogP contribution in [0.2, 0.25) is 0 Å². The third kappa shape index (κ3) is 3.99. The molecule has 0 radical (unpaired) electrons. The van der Waals surface area contributed by atoms with Crippen LogP contribution in [-0.4, -0.2) is 3.21 Å². The first kappa shape index (κ1) is 23.5. The fraction of sp³-hybridized carbons (Fsp3) is 0.171. The van der Waals surface area contributed by atoms with Crippen LogP contribution in [0.4, 0.5) is 0 Å². The molecule has 0 bridgehead atoms. The second kappa shape index (κ2) is 9.53. The molecule has 176 valence electrons. The Bertz CT molecular complexity index is 1460. The summed E-state index contributed by atoms with van der Waals surface area (Å²) >= 11 is -2.65. The Labute approximate surface area is 223 Å². The van der Waals surface area contributed by atoms with E-state index in [9.17, 15) is 0 Å². The summed E-state index contributed by atoms with van der Waals surface area (Å²) in [5.41, 5.74) is 13.0. The Morgan fingerprint density at radius 2 is 1.14 bits per heavy atom. The average Bonchev–Trinajstić information content (AvgIpc) is 3.38. The summed E-state index contributed by atoms with van der Waals surface area (Å²) in [6.07, 6.45) is 4.82. The van der Waals surface area contributed by atoms with Gasteiger partial charge in [-0.25, -0.2) is 0 Å². The van der Waals surface area contributed by atoms with Gasteiger partial charge in [-0.1, -0.05) is 0 Å². The van der Waals surface area contributed by atoms with Gasteiger partial charge < -0.3 is 0 Å². The van der Waals surface area contributed by atoms with Crippen LogP contribution in [0.15, 0.2) is 118 Å². The van der Waals surface area contributed by atoms with Crippen molar-refractivity contribution in [2.24, 2.45) is 5.92 Å². The van der Waals surface area contributed by atoms with Crippen molar-refractivity contribution in [3.63, 3.8) is 0 Å². The van der Waals surface area contributed by atoms with Crippen molar-refractivity contribution in [2.75, 3.05) is 0 Å². The Morgan fingerprint density at radius 3 is 1.58 bits per heavy atom. The average molecular weight is 544 g/mol. The summed E-state index contributed by atoms with van der Waals surface area (Å²) < 4.78 is 3.82. The molecular formula is C35H32Zr. The molecule has 0 heterocycles. The fourth-order valence-electron chi connectivity index (χ4n) is 6.22. The maximum absolute atomic E-state index is 2.65. The normalized spacial score (nSPS) is 16.3. The van der Waals surface area contributed by atoms with Crippen molar-refractivity contribution in [2.45, 2.75) is 31.3 Å². The number of fused-ring (bicyclic) bond motifs is 3. The van der Waals surface area contributed by atoms with E-state index in [-0.39, 0.29) is 0 Å². The van der Waals surface area contributed by atoms with E-state index < -0.39 is 21.3 Å². The summed E-state index contributed by atoms with van der Waals surface area (Å²) in [5.74, 6) is 0.490. The summed E-state index contributed by atoms with van der Waals surface area (Å²) in [7, 11) is 0. The van der Waals surface area contributed by atoms with Crippen LogP contribution in [0.5, 0.6) is 0 Å². The fourth-order valence-corrected chi connectivity index (χ4v) is 16.1. The van der Waals surface area contributed by atoms with Crippen LogP contribution in [0.25, 0.3) is 11.1 Å². The first-order valence-electron chi connectivity index (χ1n) is 13.0. The van der Waals surface area contributed by atoms with Crippen molar-refractivity contribution in [1.29, 1.82) is 0 Å². The standard InChI is InChI=1S/C15H13.C13H10.C7H9.Zr/c1-10-3-5-14-12(7-10)9-13-8-11(2)4-6-15(13)14;1-3-7-12(8-4-1)11-13-9-5-2-6-10-13;1-6-3-4-7(2)5-6;/h3-9H,1-2H3;1-10H;3-4,6H,1-2H3;. The molecule has 4 aromatic carbocycles. The van der Waals surface area contributed by atoms with E-state index in [4.69, 9.17) is 0 Å². The first-order chi connectivity index (χ1) is 17.5. The Hall–Kier alpha value is -2.89. The third-order valence-corrected chi connectivity index (χ3v) is 17.0. The van der Waals surface area contributed by atoms with E-state index in [1.165, 1.54) is 39.0 Å². The van der Waals surface area contributed by atoms with Crippen molar-refractivity contribution < 1.29 is 21.3 Å². The zero-order valence-electron chi connectivity index (χ0n) is 21.5. The molecule has 0 aliphatic heterocycles. The van der Waals surface area contributed by atoms with Crippen LogP contribution in [-0.2, 0) is 21.3 Å². The summed E-state index contributed by atoms with van der Waals surface area (Å²) in [6.45, 7) is 9.27. The summed E-state index contributed by atoms with van der Waals surface area (Å²) in [6, 6.07) is 36.8. The Morgan fingerprint density at radius 1 is 0.639 bits per heavy atom. The molecule has 1 atom stereocenters. The molecule has 36 heavy (non-hydrogen) atoms. The van der Waals surface area contributed by atoms with Crippen molar-refractivity contribution >= 4 is 3.21 Å². The first-order valence-corrected chi connectivity index (χ1v) is 16.9. The number of aryl methyl sites for hydroxylation is 2. The van der Waals surface area contributed by atoms with Gasteiger partial charge in [0.15, 0.2) is 0 Å². The van der Waals surface area contributed by atoms with E-state index in [1.807, 2.05) is 0 Å². The van der Waals surface area contributed by atoms with Crippen LogP contribution < -0.4 is 0 Å². The minimum absolute atomic E-state index is 0.458. The van der Waals surface area contributed by atoms with E-state index in [2.05, 4.69) is 137 Å². The third-order valence-electron chi connectivity index (χ3n) is 7.81. The second-order valence-electron chi connectivity index (χ2n) is 10.4. The maximum atomic E-state index is 2.49. The number of hydrogen-bond acceptors (Lipinski definition) is 0. The molecule has 0 spiro atoms. The molecule has 2 aliphatic rings. The number of rotatable bonds is 4. The van der Waals surface area contributed by atoms with Gasteiger partial charge in [0.1, 0.15) is 0 Å². The van der Waals surface area contributed by atoms with Gasteiger partial charge >= 0.3 is 224 Å². The molecule has 0 fully saturated rings. The molecule has 0 amide bonds. The van der Waals surface area contributed by atoms with Crippen LogP contribution in [0.3, 0.4) is 0 Å². The molecular weight excluding hydrogens is 512 g/mol. The van der Waals surface area contributed by atoms with Gasteiger partial charge in [0, 0.05) is 0 Å². The molecule has 0 nitrogen and oxygen atoms in total. The van der Waals surface area contributed by atoms with Crippen LogP contribution in [0, 0.1) is 19.8 Å². The Kier molecular flexibility index (Phi) is 6.22. The van der Waals surface area contributed by atoms with Crippen molar-refractivity contribution in [1.82, 2.24) is 0 Å². The second-order valence-corrected chi connectivity index (χ2v) is 16.4. The van der Waals surface area contributed by atoms with E-state index >= 15 is 0 Å². The number of allylic oxidation sites excluding steroid dienone is 4. The quantitative estimate of drug-likeness (QED) is 0.241. The monoisotopic (exact) mass is 542 g/mol. The molecule has 0 saturated carbocycles. The number of benzene rings is 4. The molecule has 2 aliphatic carbocycles. The van der Waals surface area contributed by atoms with E-state index in [1.54, 1.807) is 17.6 Å². The minimum atomic E-state index is -2.65. The zero-order valence-corrected chi connectivity index (χ0v) is 24.0. The van der Waals surface area contributed by atoms with Crippen LogP contribution in [0.1, 0.15) is 50.9 Å². The predicted molar refractivity (Wildman–Crippen MR) is 150 cm³/mol. The molecule has 0 N–H and O–H groups in total. The van der Waals surface area contributed by atoms with Crippen LogP contribution >= 0.6 is 0 Å².